The molecule has 6 nitrogen and oxygen atoms in total. The van der Waals surface area contributed by atoms with E-state index in [2.05, 4.69) is 15.5 Å². The maximum Gasteiger partial charge on any atom is 0.251 e. The SMILES string of the molecule is CCNC(C)c1nnc(-c2ccn(C)c(=O)c2)o1. The average Bonchev–Trinajstić information content (AvgIpc) is 2.82. The number of hydrogen-bond acceptors (Lipinski definition) is 5. The minimum absolute atomic E-state index is 0.00259. The van der Waals surface area contributed by atoms with Crippen LogP contribution in [-0.4, -0.2) is 21.3 Å². The lowest BCUT2D eigenvalue weighted by atomic mass is 10.3. The summed E-state index contributed by atoms with van der Waals surface area (Å²) in [5.41, 5.74) is 0.535. The van der Waals surface area contributed by atoms with Crippen LogP contribution >= 0.6 is 0 Å². The molecule has 0 radical (unpaired) electrons. The fourth-order valence-corrected chi connectivity index (χ4v) is 1.60. The van der Waals surface area contributed by atoms with Gasteiger partial charge in [-0.2, -0.15) is 0 Å². The van der Waals surface area contributed by atoms with Crippen molar-refractivity contribution in [3.05, 3.63) is 34.6 Å². The van der Waals surface area contributed by atoms with Gasteiger partial charge in [0, 0.05) is 24.9 Å². The number of rotatable bonds is 4. The minimum atomic E-state index is -0.105. The highest BCUT2D eigenvalue weighted by Crippen LogP contribution is 2.18. The molecule has 2 heterocycles. The first kappa shape index (κ1) is 12.5. The summed E-state index contributed by atoms with van der Waals surface area (Å²) in [5, 5.41) is 11.1. The van der Waals surface area contributed by atoms with Gasteiger partial charge in [-0.3, -0.25) is 4.79 Å². The van der Waals surface area contributed by atoms with E-state index in [0.717, 1.165) is 6.54 Å². The van der Waals surface area contributed by atoms with Crippen LogP contribution in [0.2, 0.25) is 0 Å². The molecule has 0 fully saturated rings. The third-order valence-electron chi connectivity index (χ3n) is 2.67. The average molecular weight is 248 g/mol. The van der Waals surface area contributed by atoms with Gasteiger partial charge in [0.15, 0.2) is 0 Å². The lowest BCUT2D eigenvalue weighted by Gasteiger charge is -2.05. The monoisotopic (exact) mass is 248 g/mol. The molecule has 2 aromatic heterocycles. The number of pyridine rings is 1. The molecule has 1 N–H and O–H groups in total. The number of nitrogens with zero attached hydrogens (tertiary/aromatic N) is 3. The van der Waals surface area contributed by atoms with Crippen molar-refractivity contribution >= 4 is 0 Å². The molecule has 0 bridgehead atoms. The van der Waals surface area contributed by atoms with E-state index in [4.69, 9.17) is 4.42 Å². The topological polar surface area (TPSA) is 73.0 Å². The Bertz CT molecular complexity index is 588. The Morgan fingerprint density at radius 1 is 1.50 bits per heavy atom. The highest BCUT2D eigenvalue weighted by Gasteiger charge is 2.14. The maximum atomic E-state index is 11.5. The summed E-state index contributed by atoms with van der Waals surface area (Å²) in [7, 11) is 1.69. The van der Waals surface area contributed by atoms with Gasteiger partial charge in [-0.15, -0.1) is 10.2 Å². The Balaban J connectivity index is 2.29. The first-order valence-corrected chi connectivity index (χ1v) is 5.85. The van der Waals surface area contributed by atoms with E-state index in [1.807, 2.05) is 13.8 Å². The van der Waals surface area contributed by atoms with Crippen molar-refractivity contribution in [2.24, 2.45) is 7.05 Å². The Labute approximate surface area is 105 Å². The van der Waals surface area contributed by atoms with Crippen LogP contribution in [0.15, 0.2) is 27.5 Å². The van der Waals surface area contributed by atoms with Gasteiger partial charge in [0.05, 0.1) is 6.04 Å². The fourth-order valence-electron chi connectivity index (χ4n) is 1.60. The van der Waals surface area contributed by atoms with Crippen LogP contribution in [0.3, 0.4) is 0 Å². The predicted molar refractivity (Wildman–Crippen MR) is 67.1 cm³/mol. The summed E-state index contributed by atoms with van der Waals surface area (Å²) < 4.78 is 7.03. The van der Waals surface area contributed by atoms with E-state index in [1.165, 1.54) is 10.6 Å². The smallest absolute Gasteiger partial charge is 0.251 e. The van der Waals surface area contributed by atoms with E-state index in [9.17, 15) is 4.79 Å². The summed E-state index contributed by atoms with van der Waals surface area (Å²) in [5.74, 6) is 0.889. The Morgan fingerprint density at radius 2 is 2.28 bits per heavy atom. The van der Waals surface area contributed by atoms with Crippen LogP contribution in [0.1, 0.15) is 25.8 Å². The number of aromatic nitrogens is 3. The summed E-state index contributed by atoms with van der Waals surface area (Å²) in [6.45, 7) is 4.78. The van der Waals surface area contributed by atoms with Crippen LogP contribution in [-0.2, 0) is 7.05 Å². The van der Waals surface area contributed by atoms with E-state index in [0.29, 0.717) is 17.3 Å². The van der Waals surface area contributed by atoms with Crippen molar-refractivity contribution in [3.63, 3.8) is 0 Å². The van der Waals surface area contributed by atoms with E-state index >= 15 is 0 Å². The van der Waals surface area contributed by atoms with Crippen LogP contribution in [0.4, 0.5) is 0 Å². The van der Waals surface area contributed by atoms with E-state index in [-0.39, 0.29) is 11.6 Å². The zero-order valence-corrected chi connectivity index (χ0v) is 10.7. The molecule has 6 heteroatoms. The van der Waals surface area contributed by atoms with Gasteiger partial charge in [0.25, 0.3) is 5.56 Å². The Hall–Kier alpha value is -1.95. The molecule has 0 spiro atoms. The summed E-state index contributed by atoms with van der Waals surface area (Å²) in [6, 6.07) is 3.26. The van der Waals surface area contributed by atoms with Crippen LogP contribution in [0.25, 0.3) is 11.5 Å². The molecule has 0 aromatic carbocycles. The molecule has 0 saturated carbocycles. The zero-order valence-electron chi connectivity index (χ0n) is 10.7. The highest BCUT2D eigenvalue weighted by molar-refractivity contribution is 5.50. The lowest BCUT2D eigenvalue weighted by Crippen LogP contribution is -2.17. The van der Waals surface area contributed by atoms with Crippen molar-refractivity contribution < 1.29 is 4.42 Å². The normalized spacial score (nSPS) is 12.6. The third kappa shape index (κ3) is 2.48. The van der Waals surface area contributed by atoms with Gasteiger partial charge in [-0.05, 0) is 19.5 Å². The van der Waals surface area contributed by atoms with E-state index < -0.39 is 0 Å². The van der Waals surface area contributed by atoms with Gasteiger partial charge >= 0.3 is 0 Å². The van der Waals surface area contributed by atoms with Gasteiger partial charge in [0.2, 0.25) is 11.8 Å². The van der Waals surface area contributed by atoms with Gasteiger partial charge in [-0.25, -0.2) is 0 Å². The number of aryl methyl sites for hydroxylation is 1. The fraction of sp³-hybridized carbons (Fsp3) is 0.417. The molecule has 0 aliphatic rings. The maximum absolute atomic E-state index is 11.5. The molecule has 1 atom stereocenters. The standard InChI is InChI=1S/C12H16N4O2/c1-4-13-8(2)11-14-15-12(18-11)9-5-6-16(3)10(17)7-9/h5-8,13H,4H2,1-3H3. The molecular formula is C12H16N4O2. The molecule has 1 unspecified atom stereocenters. The first-order valence-electron chi connectivity index (χ1n) is 5.85. The molecular weight excluding hydrogens is 232 g/mol. The molecule has 96 valence electrons. The number of nitrogens with one attached hydrogen (secondary N) is 1. The van der Waals surface area contributed by atoms with Crippen LogP contribution in [0.5, 0.6) is 0 Å². The van der Waals surface area contributed by atoms with Crippen molar-refractivity contribution in [2.75, 3.05) is 6.54 Å². The second-order valence-electron chi connectivity index (χ2n) is 4.09. The predicted octanol–water partition coefficient (Wildman–Crippen LogP) is 1.11. The second kappa shape index (κ2) is 5.14. The largest absolute Gasteiger partial charge is 0.419 e. The van der Waals surface area contributed by atoms with Crippen LogP contribution < -0.4 is 10.9 Å². The second-order valence-corrected chi connectivity index (χ2v) is 4.09. The Morgan fingerprint density at radius 3 is 2.94 bits per heavy atom. The summed E-state index contributed by atoms with van der Waals surface area (Å²) in [4.78, 5) is 11.5. The van der Waals surface area contributed by atoms with Gasteiger partial charge in [-0.1, -0.05) is 6.92 Å². The lowest BCUT2D eigenvalue weighted by molar-refractivity contribution is 0.429. The van der Waals surface area contributed by atoms with Gasteiger partial charge in [0.1, 0.15) is 0 Å². The Kier molecular flexibility index (Phi) is 3.57. The van der Waals surface area contributed by atoms with Gasteiger partial charge < -0.3 is 14.3 Å². The van der Waals surface area contributed by atoms with Crippen molar-refractivity contribution in [2.45, 2.75) is 19.9 Å². The van der Waals surface area contributed by atoms with Crippen molar-refractivity contribution in [1.82, 2.24) is 20.1 Å². The molecule has 18 heavy (non-hydrogen) atoms. The molecule has 2 rings (SSSR count). The first-order chi connectivity index (χ1) is 8.61. The molecule has 2 aromatic rings. The van der Waals surface area contributed by atoms with Crippen molar-refractivity contribution in [3.8, 4) is 11.5 Å². The molecule has 0 aliphatic heterocycles. The highest BCUT2D eigenvalue weighted by atomic mass is 16.4. The molecule has 0 amide bonds. The van der Waals surface area contributed by atoms with Crippen LogP contribution in [0, 0.1) is 0 Å². The zero-order chi connectivity index (χ0) is 13.1. The summed E-state index contributed by atoms with van der Waals surface area (Å²) >= 11 is 0. The quantitative estimate of drug-likeness (QED) is 0.877. The molecule has 0 aliphatic carbocycles. The third-order valence-corrected chi connectivity index (χ3v) is 2.67. The van der Waals surface area contributed by atoms with E-state index in [1.54, 1.807) is 19.3 Å². The molecule has 0 saturated heterocycles. The number of hydrogen-bond donors (Lipinski definition) is 1. The van der Waals surface area contributed by atoms with Crippen molar-refractivity contribution in [1.29, 1.82) is 0 Å². The minimum Gasteiger partial charge on any atom is -0.419 e. The summed E-state index contributed by atoms with van der Waals surface area (Å²) in [6.07, 6.45) is 1.68.